The molecular weight excluding hydrogens is 1080 g/mol. The van der Waals surface area contributed by atoms with Gasteiger partial charge in [0.25, 0.3) is 0 Å². The second kappa shape index (κ2) is 19.6. The largest absolute Gasteiger partial charge is 0.454 e. The molecule has 420 valence electrons. The fraction of sp³-hybridized carbons (Fsp3) is 0.0476. The van der Waals surface area contributed by atoms with E-state index in [1.807, 2.05) is 12.1 Å². The van der Waals surface area contributed by atoms with Crippen molar-refractivity contribution in [2.45, 2.75) is 26.2 Å². The molecule has 0 bridgehead atoms. The van der Waals surface area contributed by atoms with Gasteiger partial charge in [-0.1, -0.05) is 191 Å². The summed E-state index contributed by atoms with van der Waals surface area (Å²) in [4.78, 5) is 4.65. The van der Waals surface area contributed by atoms with Gasteiger partial charge in [0.15, 0.2) is 11.2 Å². The summed E-state index contributed by atoms with van der Waals surface area (Å²) in [5.41, 5.74) is 21.7. The van der Waals surface area contributed by atoms with Crippen LogP contribution in [0.1, 0.15) is 26.3 Å². The molecule has 18 rings (SSSR count). The zero-order valence-corrected chi connectivity index (χ0v) is 49.4. The van der Waals surface area contributed by atoms with Gasteiger partial charge >= 0.3 is 0 Å². The van der Waals surface area contributed by atoms with E-state index in [1.54, 1.807) is 0 Å². The Morgan fingerprint density at radius 3 is 1.18 bits per heavy atom. The number of aromatic nitrogens is 1. The fourth-order valence-corrected chi connectivity index (χ4v) is 14.2. The van der Waals surface area contributed by atoms with Gasteiger partial charge in [-0.2, -0.15) is 0 Å². The highest BCUT2D eigenvalue weighted by Gasteiger charge is 2.25. The van der Waals surface area contributed by atoms with E-state index < -0.39 is 0 Å². The Balaban J connectivity index is 0.790. The predicted octanol–water partition coefficient (Wildman–Crippen LogP) is 24.2. The molecule has 0 aliphatic carbocycles. The normalized spacial score (nSPS) is 12.2. The topological polar surface area (TPSA) is 37.2 Å². The molecule has 0 saturated heterocycles. The summed E-state index contributed by atoms with van der Waals surface area (Å²) in [6, 6.07) is 106. The predicted molar refractivity (Wildman–Crippen MR) is 375 cm³/mol. The Kier molecular flexibility index (Phi) is 11.2. The van der Waals surface area contributed by atoms with E-state index in [4.69, 9.17) is 8.83 Å². The van der Waals surface area contributed by atoms with Crippen LogP contribution in [-0.4, -0.2) is 4.40 Å². The highest BCUT2D eigenvalue weighted by molar-refractivity contribution is 6.27. The van der Waals surface area contributed by atoms with Crippen LogP contribution in [0.2, 0.25) is 0 Å². The van der Waals surface area contributed by atoms with Crippen molar-refractivity contribution in [3.63, 3.8) is 0 Å². The summed E-state index contributed by atoms with van der Waals surface area (Å²) in [6.45, 7) is 6.85. The first-order valence-electron chi connectivity index (χ1n) is 30.7. The van der Waals surface area contributed by atoms with Gasteiger partial charge in [0.1, 0.15) is 11.2 Å². The van der Waals surface area contributed by atoms with Crippen LogP contribution in [0.15, 0.2) is 300 Å². The van der Waals surface area contributed by atoms with E-state index in [-0.39, 0.29) is 5.41 Å². The van der Waals surface area contributed by atoms with Crippen molar-refractivity contribution < 1.29 is 8.83 Å². The fourth-order valence-electron chi connectivity index (χ4n) is 14.2. The lowest BCUT2D eigenvalue weighted by Gasteiger charge is -2.26. The zero-order valence-electron chi connectivity index (χ0n) is 49.4. The van der Waals surface area contributed by atoms with Crippen LogP contribution in [0, 0.1) is 0 Å². The van der Waals surface area contributed by atoms with Gasteiger partial charge in [-0.3, -0.25) is 0 Å². The van der Waals surface area contributed by atoms with Crippen LogP contribution in [0.3, 0.4) is 0 Å². The molecule has 0 atom stereocenters. The summed E-state index contributed by atoms with van der Waals surface area (Å²) in [6.07, 6.45) is 0. The Labute approximate surface area is 514 Å². The zero-order chi connectivity index (χ0) is 59.1. The van der Waals surface area contributed by atoms with Crippen molar-refractivity contribution in [2.24, 2.45) is 0 Å². The van der Waals surface area contributed by atoms with Crippen LogP contribution in [0.25, 0.3) is 137 Å². The van der Waals surface area contributed by atoms with E-state index >= 15 is 0 Å². The van der Waals surface area contributed by atoms with Crippen LogP contribution in [0.4, 0.5) is 34.1 Å². The number of rotatable bonds is 9. The lowest BCUT2D eigenvalue weighted by molar-refractivity contribution is 0.590. The first-order valence-corrected chi connectivity index (χ1v) is 30.7. The van der Waals surface area contributed by atoms with E-state index in [1.165, 1.54) is 76.3 Å². The second-order valence-corrected chi connectivity index (χ2v) is 24.9. The van der Waals surface area contributed by atoms with Crippen LogP contribution < -0.4 is 9.80 Å². The van der Waals surface area contributed by atoms with Gasteiger partial charge in [-0.25, -0.2) is 0 Å². The maximum absolute atomic E-state index is 6.67. The minimum atomic E-state index is 0.0538. The maximum atomic E-state index is 6.67. The molecule has 4 aromatic heterocycles. The molecule has 14 aromatic carbocycles. The molecule has 0 saturated carbocycles. The van der Waals surface area contributed by atoms with Crippen molar-refractivity contribution in [1.82, 2.24) is 4.40 Å². The van der Waals surface area contributed by atoms with Gasteiger partial charge in [0.2, 0.25) is 0 Å². The standard InChI is InChI=1S/C84H57N3O2/c1-84(2,3)62-40-38-52(39-41-62)61-48-73-71-46-57-36-34-55(53-18-14-24-65(44-53)85(63-20-6-4-7-21-63)75-30-16-28-69-67-26-10-12-32-79(67)88-82(69)75)42-59(57)50-77(71)87-78-51-60-43-56(35-37-58(60)47-72(78)74(49-61)81(73)87)54-19-15-25-66(45-54)86(64-22-8-5-9-23-64)76-31-17-29-70-68-27-11-13-33-80(68)89-83(70)76/h4-51H,1-3H3. The molecule has 0 spiro atoms. The molecule has 18 aromatic rings. The summed E-state index contributed by atoms with van der Waals surface area (Å²) >= 11 is 0. The third-order valence-corrected chi connectivity index (χ3v) is 18.5. The summed E-state index contributed by atoms with van der Waals surface area (Å²) in [5, 5.41) is 14.2. The highest BCUT2D eigenvalue weighted by atomic mass is 16.3. The SMILES string of the molecule is CC(C)(C)c1ccc(-c2cc3c4cc5ccc(-c6cccc(N(c7ccccc7)c7cccc8c7oc7ccccc78)c6)cc5cc4n4c5cc6cc(-c7cccc(N(c8ccccc8)c8cccc9c8oc8ccccc89)c7)ccc6cc5c(c2)c34)cc1. The number of benzene rings is 14. The average molecular weight is 1140 g/mol. The molecule has 4 heterocycles. The molecule has 0 aliphatic heterocycles. The van der Waals surface area contributed by atoms with Crippen LogP contribution in [0.5, 0.6) is 0 Å². The summed E-state index contributed by atoms with van der Waals surface area (Å²) in [5.74, 6) is 0. The minimum Gasteiger partial charge on any atom is -0.454 e. The van der Waals surface area contributed by atoms with Crippen molar-refractivity contribution in [1.29, 1.82) is 0 Å². The second-order valence-electron chi connectivity index (χ2n) is 24.9. The average Bonchev–Trinajstić information content (AvgIpc) is 1.57. The number of anilines is 6. The van der Waals surface area contributed by atoms with Crippen molar-refractivity contribution >= 4 is 138 Å². The number of furan rings is 2. The van der Waals surface area contributed by atoms with Gasteiger partial charge < -0.3 is 23.0 Å². The third kappa shape index (κ3) is 8.16. The van der Waals surface area contributed by atoms with E-state index in [0.717, 1.165) is 100 Å². The van der Waals surface area contributed by atoms with E-state index in [0.29, 0.717) is 0 Å². The van der Waals surface area contributed by atoms with E-state index in [2.05, 4.69) is 314 Å². The quantitative estimate of drug-likeness (QED) is 0.144. The number of fused-ring (bicyclic) bond motifs is 14. The molecular formula is C84H57N3O2. The van der Waals surface area contributed by atoms with Gasteiger partial charge in [0, 0.05) is 65.8 Å². The van der Waals surface area contributed by atoms with Crippen LogP contribution in [-0.2, 0) is 5.41 Å². The lowest BCUT2D eigenvalue weighted by atomic mass is 9.86. The Hall–Kier alpha value is -11.4. The number of para-hydroxylation sites is 6. The van der Waals surface area contributed by atoms with Gasteiger partial charge in [0.05, 0.1) is 27.9 Å². The number of hydrogen-bond acceptors (Lipinski definition) is 4. The first kappa shape index (κ1) is 50.9. The maximum Gasteiger partial charge on any atom is 0.159 e. The monoisotopic (exact) mass is 1140 g/mol. The molecule has 0 fully saturated rings. The molecule has 0 unspecified atom stereocenters. The highest BCUT2D eigenvalue weighted by Crippen LogP contribution is 2.48. The van der Waals surface area contributed by atoms with E-state index in [9.17, 15) is 0 Å². The van der Waals surface area contributed by atoms with Gasteiger partial charge in [-0.15, -0.1) is 0 Å². The Bertz CT molecular complexity index is 5520. The van der Waals surface area contributed by atoms with Crippen molar-refractivity contribution in [3.8, 4) is 33.4 Å². The summed E-state index contributed by atoms with van der Waals surface area (Å²) in [7, 11) is 0. The van der Waals surface area contributed by atoms with Crippen molar-refractivity contribution in [2.75, 3.05) is 9.80 Å². The van der Waals surface area contributed by atoms with Gasteiger partial charge in [-0.05, 0) is 187 Å². The minimum absolute atomic E-state index is 0.0538. The van der Waals surface area contributed by atoms with Crippen molar-refractivity contribution in [3.05, 3.63) is 297 Å². The number of hydrogen-bond donors (Lipinski definition) is 0. The Morgan fingerprint density at radius 1 is 0.281 bits per heavy atom. The van der Waals surface area contributed by atoms with Crippen LogP contribution >= 0.6 is 0 Å². The molecule has 89 heavy (non-hydrogen) atoms. The molecule has 0 aliphatic rings. The molecule has 5 heteroatoms. The smallest absolute Gasteiger partial charge is 0.159 e. The molecule has 0 N–H and O–H groups in total. The third-order valence-electron chi connectivity index (χ3n) is 18.5. The molecule has 0 radical (unpaired) electrons. The lowest BCUT2D eigenvalue weighted by Crippen LogP contribution is -2.10. The molecule has 5 nitrogen and oxygen atoms in total. The molecule has 0 amide bonds. The Morgan fingerprint density at radius 2 is 0.697 bits per heavy atom. The first-order chi connectivity index (χ1) is 43.7. The number of nitrogens with zero attached hydrogens (tertiary/aromatic N) is 3. The summed E-state index contributed by atoms with van der Waals surface area (Å²) < 4.78 is 15.9.